The molecule has 0 bridgehead atoms. The lowest BCUT2D eigenvalue weighted by Crippen LogP contribution is -2.15. The van der Waals surface area contributed by atoms with Gasteiger partial charge in [0.05, 0.1) is 18.1 Å². The third-order valence-corrected chi connectivity index (χ3v) is 2.27. The van der Waals surface area contributed by atoms with Gasteiger partial charge < -0.3 is 25.2 Å². The quantitative estimate of drug-likeness (QED) is 0.300. The maximum Gasteiger partial charge on any atom is 0.346 e. The third-order valence-electron chi connectivity index (χ3n) is 2.27. The van der Waals surface area contributed by atoms with Crippen molar-refractivity contribution in [2.45, 2.75) is 6.92 Å². The van der Waals surface area contributed by atoms with E-state index < -0.39 is 21.7 Å². The Labute approximate surface area is 135 Å². The van der Waals surface area contributed by atoms with E-state index in [1.165, 1.54) is 7.11 Å². The van der Waals surface area contributed by atoms with Crippen molar-refractivity contribution in [2.75, 3.05) is 32.7 Å². The largest absolute Gasteiger partial charge is 0.475 e. The number of nitrogen functional groups attached to an aromatic ring is 1. The lowest BCUT2D eigenvalue weighted by atomic mass is 10.2. The minimum Gasteiger partial charge on any atom is -0.475 e. The SMILES string of the molecule is CCOC(=O)c1c(OCCOC)ncc([N+](=O)[O-])c1N.O=[N+]([O-])O. The van der Waals surface area contributed by atoms with E-state index >= 15 is 0 Å². The second-order valence-electron chi connectivity index (χ2n) is 3.79. The Morgan fingerprint density at radius 3 is 2.42 bits per heavy atom. The molecule has 0 aliphatic heterocycles. The molecule has 0 fully saturated rings. The van der Waals surface area contributed by atoms with E-state index in [0.717, 1.165) is 6.20 Å². The standard InChI is InChI=1S/C11H15N3O6.HNO3/c1-3-19-11(15)8-9(12)7(14(16)17)6-13-10(8)20-5-4-18-2;2-1(3)4/h6H,3-5H2,1-2H3,(H2,12,13);(H,2,3,4). The number of methoxy groups -OCH3 is 1. The Balaban J connectivity index is 0.00000118. The van der Waals surface area contributed by atoms with Crippen LogP contribution in [0.15, 0.2) is 6.20 Å². The summed E-state index contributed by atoms with van der Waals surface area (Å²) in [5, 5.41) is 24.4. The first kappa shape index (κ1) is 20.8. The van der Waals surface area contributed by atoms with E-state index in [4.69, 9.17) is 35.3 Å². The first-order chi connectivity index (χ1) is 11.3. The average Bonchev–Trinajstić information content (AvgIpc) is 2.46. The number of carbonyl (C=O) groups excluding carboxylic acids is 1. The molecule has 13 heteroatoms. The number of carbonyl (C=O) groups is 1. The number of hydrogen-bond donors (Lipinski definition) is 2. The van der Waals surface area contributed by atoms with Gasteiger partial charge in [0.2, 0.25) is 5.88 Å². The molecule has 3 N–H and O–H groups in total. The first-order valence-corrected chi connectivity index (χ1v) is 6.31. The second-order valence-corrected chi connectivity index (χ2v) is 3.79. The van der Waals surface area contributed by atoms with Crippen molar-refractivity contribution in [3.8, 4) is 5.88 Å². The maximum absolute atomic E-state index is 11.8. The topological polar surface area (TPSA) is 190 Å². The lowest BCUT2D eigenvalue weighted by Gasteiger charge is -2.11. The molecule has 0 unspecified atom stereocenters. The van der Waals surface area contributed by atoms with E-state index in [2.05, 4.69) is 4.98 Å². The van der Waals surface area contributed by atoms with Crippen LogP contribution in [0.3, 0.4) is 0 Å². The van der Waals surface area contributed by atoms with Gasteiger partial charge in [-0.2, -0.15) is 0 Å². The monoisotopic (exact) mass is 348 g/mol. The van der Waals surface area contributed by atoms with Crippen LogP contribution >= 0.6 is 0 Å². The summed E-state index contributed by atoms with van der Waals surface area (Å²) in [7, 11) is 1.48. The highest BCUT2D eigenvalue weighted by atomic mass is 16.9. The second kappa shape index (κ2) is 10.5. The number of hydrogen-bond acceptors (Lipinski definition) is 10. The summed E-state index contributed by atoms with van der Waals surface area (Å²) < 4.78 is 14.8. The predicted octanol–water partition coefficient (Wildman–Crippen LogP) is 0.426. The molecule has 0 saturated heterocycles. The van der Waals surface area contributed by atoms with Gasteiger partial charge in [-0.25, -0.2) is 9.78 Å². The Morgan fingerprint density at radius 1 is 1.38 bits per heavy atom. The number of aromatic nitrogens is 1. The Hall–Kier alpha value is -3.22. The molecule has 0 radical (unpaired) electrons. The number of nitro groups is 1. The van der Waals surface area contributed by atoms with Crippen molar-refractivity contribution in [1.29, 1.82) is 0 Å². The third kappa shape index (κ3) is 6.69. The fourth-order valence-electron chi connectivity index (χ4n) is 1.37. The number of anilines is 1. The number of ether oxygens (including phenoxy) is 3. The number of pyridine rings is 1. The Bertz CT molecular complexity index is 589. The van der Waals surface area contributed by atoms with Crippen LogP contribution < -0.4 is 10.5 Å². The van der Waals surface area contributed by atoms with Crippen LogP contribution in [-0.4, -0.2) is 53.1 Å². The van der Waals surface area contributed by atoms with E-state index in [1.807, 2.05) is 0 Å². The van der Waals surface area contributed by atoms with Crippen molar-refractivity contribution in [1.82, 2.24) is 4.98 Å². The number of rotatable bonds is 7. The molecule has 0 amide bonds. The lowest BCUT2D eigenvalue weighted by molar-refractivity contribution is -0.742. The smallest absolute Gasteiger partial charge is 0.346 e. The van der Waals surface area contributed by atoms with Crippen LogP contribution in [-0.2, 0) is 9.47 Å². The summed E-state index contributed by atoms with van der Waals surface area (Å²) in [6, 6.07) is 0. The van der Waals surface area contributed by atoms with Crippen LogP contribution in [0.2, 0.25) is 0 Å². The zero-order valence-electron chi connectivity index (χ0n) is 12.8. The molecule has 0 aliphatic rings. The maximum atomic E-state index is 11.8. The Kier molecular flexibility index (Phi) is 9.09. The van der Waals surface area contributed by atoms with Gasteiger partial charge in [-0.1, -0.05) is 0 Å². The number of nitrogens with two attached hydrogens (primary N) is 1. The van der Waals surface area contributed by atoms with Crippen molar-refractivity contribution in [3.63, 3.8) is 0 Å². The highest BCUT2D eigenvalue weighted by Gasteiger charge is 2.26. The van der Waals surface area contributed by atoms with Crippen molar-refractivity contribution < 1.29 is 34.2 Å². The summed E-state index contributed by atoms with van der Waals surface area (Å²) in [6.07, 6.45) is 0.931. The van der Waals surface area contributed by atoms with Gasteiger partial charge >= 0.3 is 11.7 Å². The molecule has 24 heavy (non-hydrogen) atoms. The van der Waals surface area contributed by atoms with Crippen molar-refractivity contribution in [3.05, 3.63) is 32.0 Å². The predicted molar refractivity (Wildman–Crippen MR) is 77.4 cm³/mol. The van der Waals surface area contributed by atoms with Gasteiger partial charge in [0.15, 0.2) is 5.56 Å². The van der Waals surface area contributed by atoms with Crippen molar-refractivity contribution in [2.24, 2.45) is 0 Å². The molecular formula is C11H16N4O9. The van der Waals surface area contributed by atoms with Crippen molar-refractivity contribution >= 4 is 17.3 Å². The summed E-state index contributed by atoms with van der Waals surface area (Å²) in [4.78, 5) is 34.0. The average molecular weight is 348 g/mol. The number of nitrogens with zero attached hydrogens (tertiary/aromatic N) is 3. The van der Waals surface area contributed by atoms with Crippen LogP contribution in [0.5, 0.6) is 5.88 Å². The molecule has 0 aromatic carbocycles. The van der Waals surface area contributed by atoms with Gasteiger partial charge in [-0.15, -0.1) is 10.1 Å². The van der Waals surface area contributed by atoms with Gasteiger partial charge in [-0.05, 0) is 6.92 Å². The minimum absolute atomic E-state index is 0.0957. The molecule has 1 aromatic rings. The zero-order chi connectivity index (χ0) is 18.7. The summed E-state index contributed by atoms with van der Waals surface area (Å²) in [5.74, 6) is -0.947. The minimum atomic E-state index is -1.50. The summed E-state index contributed by atoms with van der Waals surface area (Å²) in [6.45, 7) is 2.08. The fraction of sp³-hybridized carbons (Fsp3) is 0.455. The van der Waals surface area contributed by atoms with Gasteiger partial charge in [0.25, 0.3) is 5.09 Å². The molecule has 1 rings (SSSR count). The fourth-order valence-corrected chi connectivity index (χ4v) is 1.37. The van der Waals surface area contributed by atoms with Gasteiger partial charge in [0.1, 0.15) is 18.5 Å². The molecule has 0 aliphatic carbocycles. The van der Waals surface area contributed by atoms with Gasteiger partial charge in [-0.3, -0.25) is 10.1 Å². The molecule has 1 aromatic heterocycles. The van der Waals surface area contributed by atoms with Crippen LogP contribution in [0.1, 0.15) is 17.3 Å². The molecule has 134 valence electrons. The Morgan fingerprint density at radius 2 is 1.96 bits per heavy atom. The summed E-state index contributed by atoms with van der Waals surface area (Å²) in [5.41, 5.74) is 4.56. The molecule has 0 spiro atoms. The molecule has 0 atom stereocenters. The number of esters is 1. The van der Waals surface area contributed by atoms with E-state index in [-0.39, 0.29) is 37.0 Å². The molecular weight excluding hydrogens is 332 g/mol. The molecule has 1 heterocycles. The highest BCUT2D eigenvalue weighted by Crippen LogP contribution is 2.31. The summed E-state index contributed by atoms with van der Waals surface area (Å²) >= 11 is 0. The highest BCUT2D eigenvalue weighted by molar-refractivity contribution is 5.99. The van der Waals surface area contributed by atoms with Crippen LogP contribution in [0.25, 0.3) is 0 Å². The first-order valence-electron chi connectivity index (χ1n) is 6.31. The molecule has 13 nitrogen and oxygen atoms in total. The van der Waals surface area contributed by atoms with E-state index in [9.17, 15) is 14.9 Å². The van der Waals surface area contributed by atoms with Gasteiger partial charge in [0, 0.05) is 7.11 Å². The molecule has 0 saturated carbocycles. The van der Waals surface area contributed by atoms with E-state index in [1.54, 1.807) is 6.92 Å². The van der Waals surface area contributed by atoms with Crippen LogP contribution in [0.4, 0.5) is 11.4 Å². The normalized spacial score (nSPS) is 9.42. The van der Waals surface area contributed by atoms with Crippen LogP contribution in [0, 0.1) is 20.2 Å². The zero-order valence-corrected chi connectivity index (χ0v) is 12.8. The van der Waals surface area contributed by atoms with E-state index in [0.29, 0.717) is 0 Å².